The number of carboxylic acid groups (broad SMARTS) is 1. The van der Waals surface area contributed by atoms with Gasteiger partial charge in [-0.2, -0.15) is 0 Å². The number of rotatable bonds is 3. The summed E-state index contributed by atoms with van der Waals surface area (Å²) in [5.41, 5.74) is 0.0533. The SMILES string of the molecule is CNc1cc(C(=O)O)nc(C2CCCN(C)C2)n1. The molecule has 0 aliphatic carbocycles. The Morgan fingerprint density at radius 3 is 2.94 bits per heavy atom. The smallest absolute Gasteiger partial charge is 0.354 e. The largest absolute Gasteiger partial charge is 0.477 e. The molecule has 1 atom stereocenters. The Morgan fingerprint density at radius 1 is 1.56 bits per heavy atom. The number of likely N-dealkylation sites (tertiary alicyclic amines) is 1. The maximum Gasteiger partial charge on any atom is 0.354 e. The van der Waals surface area contributed by atoms with Crippen LogP contribution in [0.1, 0.15) is 35.1 Å². The highest BCUT2D eigenvalue weighted by Gasteiger charge is 2.23. The van der Waals surface area contributed by atoms with Gasteiger partial charge in [-0.25, -0.2) is 14.8 Å². The summed E-state index contributed by atoms with van der Waals surface area (Å²) >= 11 is 0. The zero-order valence-corrected chi connectivity index (χ0v) is 10.7. The van der Waals surface area contributed by atoms with Crippen LogP contribution in [0.15, 0.2) is 6.07 Å². The average Bonchev–Trinajstić information content (AvgIpc) is 2.38. The van der Waals surface area contributed by atoms with Gasteiger partial charge in [-0.1, -0.05) is 0 Å². The lowest BCUT2D eigenvalue weighted by Crippen LogP contribution is -2.32. The minimum Gasteiger partial charge on any atom is -0.477 e. The van der Waals surface area contributed by atoms with E-state index in [1.807, 2.05) is 0 Å². The van der Waals surface area contributed by atoms with E-state index in [9.17, 15) is 4.79 Å². The standard InChI is InChI=1S/C12H18N4O2/c1-13-10-6-9(12(17)18)14-11(15-10)8-4-3-5-16(2)7-8/h6,8H,3-5,7H2,1-2H3,(H,17,18)(H,13,14,15). The van der Waals surface area contributed by atoms with Gasteiger partial charge < -0.3 is 15.3 Å². The lowest BCUT2D eigenvalue weighted by Gasteiger charge is -2.28. The molecule has 0 aromatic carbocycles. The molecular weight excluding hydrogens is 232 g/mol. The maximum absolute atomic E-state index is 11.0. The first-order valence-electron chi connectivity index (χ1n) is 6.08. The van der Waals surface area contributed by atoms with Crippen molar-refractivity contribution in [2.24, 2.45) is 0 Å². The second-order valence-corrected chi connectivity index (χ2v) is 4.65. The zero-order chi connectivity index (χ0) is 13.1. The van der Waals surface area contributed by atoms with E-state index in [1.54, 1.807) is 7.05 Å². The monoisotopic (exact) mass is 250 g/mol. The molecule has 0 radical (unpaired) electrons. The number of nitrogens with zero attached hydrogens (tertiary/aromatic N) is 3. The van der Waals surface area contributed by atoms with E-state index >= 15 is 0 Å². The lowest BCUT2D eigenvalue weighted by atomic mass is 9.97. The van der Waals surface area contributed by atoms with Crippen LogP contribution in [0.2, 0.25) is 0 Å². The Balaban J connectivity index is 2.31. The molecule has 6 heteroatoms. The third-order valence-electron chi connectivity index (χ3n) is 3.21. The molecule has 1 unspecified atom stereocenters. The van der Waals surface area contributed by atoms with Crippen LogP contribution in [0.5, 0.6) is 0 Å². The number of aromatic carboxylic acids is 1. The Labute approximate surface area is 106 Å². The zero-order valence-electron chi connectivity index (χ0n) is 10.7. The Bertz CT molecular complexity index is 450. The van der Waals surface area contributed by atoms with Gasteiger partial charge in [0.25, 0.3) is 0 Å². The first-order valence-corrected chi connectivity index (χ1v) is 6.08. The number of likely N-dealkylation sites (N-methyl/N-ethyl adjacent to an activating group) is 1. The number of aromatic nitrogens is 2. The van der Waals surface area contributed by atoms with E-state index < -0.39 is 5.97 Å². The first-order chi connectivity index (χ1) is 8.60. The second-order valence-electron chi connectivity index (χ2n) is 4.65. The van der Waals surface area contributed by atoms with Crippen molar-refractivity contribution in [3.63, 3.8) is 0 Å². The average molecular weight is 250 g/mol. The first kappa shape index (κ1) is 12.8. The van der Waals surface area contributed by atoms with E-state index in [-0.39, 0.29) is 11.6 Å². The summed E-state index contributed by atoms with van der Waals surface area (Å²) in [7, 11) is 3.79. The normalized spacial score (nSPS) is 20.7. The third kappa shape index (κ3) is 2.76. The lowest BCUT2D eigenvalue weighted by molar-refractivity contribution is 0.0689. The van der Waals surface area contributed by atoms with Crippen LogP contribution in [0.4, 0.5) is 5.82 Å². The van der Waals surface area contributed by atoms with Crippen LogP contribution in [-0.4, -0.2) is 53.1 Å². The number of carboxylic acids is 1. The summed E-state index contributed by atoms with van der Waals surface area (Å²) in [5, 5.41) is 11.9. The quantitative estimate of drug-likeness (QED) is 0.834. The van der Waals surface area contributed by atoms with Gasteiger partial charge in [0.1, 0.15) is 11.6 Å². The Kier molecular flexibility index (Phi) is 3.76. The van der Waals surface area contributed by atoms with Crippen LogP contribution in [0, 0.1) is 0 Å². The number of nitrogens with one attached hydrogen (secondary N) is 1. The summed E-state index contributed by atoms with van der Waals surface area (Å²) in [5.74, 6) is 0.394. The van der Waals surface area contributed by atoms with Crippen molar-refractivity contribution >= 4 is 11.8 Å². The highest BCUT2D eigenvalue weighted by atomic mass is 16.4. The summed E-state index contributed by atoms with van der Waals surface area (Å²) in [6.45, 7) is 1.96. The van der Waals surface area contributed by atoms with Crippen molar-refractivity contribution in [2.75, 3.05) is 32.5 Å². The van der Waals surface area contributed by atoms with Crippen LogP contribution in [0.3, 0.4) is 0 Å². The molecule has 0 saturated carbocycles. The van der Waals surface area contributed by atoms with Crippen LogP contribution < -0.4 is 5.32 Å². The van der Waals surface area contributed by atoms with E-state index in [1.165, 1.54) is 6.07 Å². The fourth-order valence-electron chi connectivity index (χ4n) is 2.26. The molecular formula is C12H18N4O2. The molecule has 0 spiro atoms. The number of anilines is 1. The Morgan fingerprint density at radius 2 is 2.33 bits per heavy atom. The number of hydrogen-bond acceptors (Lipinski definition) is 5. The molecule has 1 aliphatic heterocycles. The molecule has 0 amide bonds. The van der Waals surface area contributed by atoms with Crippen LogP contribution in [0.25, 0.3) is 0 Å². The van der Waals surface area contributed by atoms with E-state index in [2.05, 4.69) is 27.2 Å². The number of carbonyl (C=O) groups is 1. The van der Waals surface area contributed by atoms with Crippen LogP contribution in [-0.2, 0) is 0 Å². The van der Waals surface area contributed by atoms with Crippen molar-refractivity contribution in [1.82, 2.24) is 14.9 Å². The number of hydrogen-bond donors (Lipinski definition) is 2. The predicted octanol–water partition coefficient (Wildman–Crippen LogP) is 1.03. The molecule has 0 bridgehead atoms. The highest BCUT2D eigenvalue weighted by Crippen LogP contribution is 2.24. The summed E-state index contributed by atoms with van der Waals surface area (Å²) in [4.78, 5) is 21.8. The second kappa shape index (κ2) is 5.30. The molecule has 2 N–H and O–H groups in total. The van der Waals surface area contributed by atoms with E-state index in [0.717, 1.165) is 25.9 Å². The van der Waals surface area contributed by atoms with Gasteiger partial charge in [0.05, 0.1) is 0 Å². The summed E-state index contributed by atoms with van der Waals surface area (Å²) < 4.78 is 0. The topological polar surface area (TPSA) is 78.3 Å². The molecule has 1 aromatic heterocycles. The number of piperidine rings is 1. The Hall–Kier alpha value is -1.69. The van der Waals surface area contributed by atoms with E-state index in [0.29, 0.717) is 11.6 Å². The molecule has 1 fully saturated rings. The minimum atomic E-state index is -1.01. The highest BCUT2D eigenvalue weighted by molar-refractivity contribution is 5.86. The van der Waals surface area contributed by atoms with E-state index in [4.69, 9.17) is 5.11 Å². The summed E-state index contributed by atoms with van der Waals surface area (Å²) in [6, 6.07) is 1.46. The molecule has 1 saturated heterocycles. The van der Waals surface area contributed by atoms with Crippen LogP contribution >= 0.6 is 0 Å². The maximum atomic E-state index is 11.0. The van der Waals surface area contributed by atoms with Gasteiger partial charge in [-0.3, -0.25) is 0 Å². The molecule has 98 valence electrons. The fraction of sp³-hybridized carbons (Fsp3) is 0.583. The van der Waals surface area contributed by atoms with Gasteiger partial charge in [0.2, 0.25) is 0 Å². The van der Waals surface area contributed by atoms with Crippen molar-refractivity contribution in [3.8, 4) is 0 Å². The molecule has 2 heterocycles. The molecule has 1 aromatic rings. The van der Waals surface area contributed by atoms with Gasteiger partial charge in [0.15, 0.2) is 5.69 Å². The van der Waals surface area contributed by atoms with Gasteiger partial charge in [-0.15, -0.1) is 0 Å². The van der Waals surface area contributed by atoms with Crippen molar-refractivity contribution in [1.29, 1.82) is 0 Å². The summed E-state index contributed by atoms with van der Waals surface area (Å²) in [6.07, 6.45) is 2.10. The predicted molar refractivity (Wildman–Crippen MR) is 68.0 cm³/mol. The van der Waals surface area contributed by atoms with Crippen molar-refractivity contribution in [2.45, 2.75) is 18.8 Å². The molecule has 18 heavy (non-hydrogen) atoms. The van der Waals surface area contributed by atoms with Gasteiger partial charge in [0, 0.05) is 25.6 Å². The molecule has 6 nitrogen and oxygen atoms in total. The third-order valence-corrected chi connectivity index (χ3v) is 3.21. The molecule has 1 aliphatic rings. The minimum absolute atomic E-state index is 0.0533. The van der Waals surface area contributed by atoms with Gasteiger partial charge >= 0.3 is 5.97 Å². The fourth-order valence-corrected chi connectivity index (χ4v) is 2.26. The van der Waals surface area contributed by atoms with Crippen molar-refractivity contribution in [3.05, 3.63) is 17.6 Å². The molecule has 2 rings (SSSR count). The van der Waals surface area contributed by atoms with Crippen molar-refractivity contribution < 1.29 is 9.90 Å². The van der Waals surface area contributed by atoms with Gasteiger partial charge in [-0.05, 0) is 26.4 Å².